The SMILES string of the molecule is Cc1ccc(N2C(=O)C(Nc3ccc(Cl)cc3C)=C(c3ccc(C)c(C)c3)C2=O)c(C)c1. The fourth-order valence-electron chi connectivity index (χ4n) is 3.99. The number of rotatable bonds is 4. The Morgan fingerprint density at radius 2 is 1.47 bits per heavy atom. The minimum atomic E-state index is -0.371. The average molecular weight is 445 g/mol. The number of carbonyl (C=O) groups excluding carboxylic acids is 2. The van der Waals surface area contributed by atoms with Gasteiger partial charge in [0, 0.05) is 10.7 Å². The van der Waals surface area contributed by atoms with Gasteiger partial charge in [0.15, 0.2) is 0 Å². The average Bonchev–Trinajstić information content (AvgIpc) is 2.96. The molecule has 4 rings (SSSR count). The van der Waals surface area contributed by atoms with Gasteiger partial charge in [-0.1, -0.05) is 47.5 Å². The van der Waals surface area contributed by atoms with Gasteiger partial charge in [-0.2, -0.15) is 0 Å². The third kappa shape index (κ3) is 3.82. The van der Waals surface area contributed by atoms with E-state index in [1.54, 1.807) is 6.07 Å². The molecule has 1 aliphatic heterocycles. The van der Waals surface area contributed by atoms with Gasteiger partial charge in [0.05, 0.1) is 11.3 Å². The Hall–Kier alpha value is -3.37. The van der Waals surface area contributed by atoms with Crippen LogP contribution >= 0.6 is 11.6 Å². The van der Waals surface area contributed by atoms with Crippen LogP contribution in [0.2, 0.25) is 5.02 Å². The molecule has 3 aromatic carbocycles. The first kappa shape index (κ1) is 21.8. The van der Waals surface area contributed by atoms with E-state index in [-0.39, 0.29) is 17.5 Å². The zero-order valence-corrected chi connectivity index (χ0v) is 19.6. The van der Waals surface area contributed by atoms with Crippen molar-refractivity contribution in [2.75, 3.05) is 10.2 Å². The van der Waals surface area contributed by atoms with Crippen molar-refractivity contribution >= 4 is 40.4 Å². The maximum atomic E-state index is 13.7. The van der Waals surface area contributed by atoms with E-state index >= 15 is 0 Å². The topological polar surface area (TPSA) is 49.4 Å². The Kier molecular flexibility index (Phi) is 5.66. The quantitative estimate of drug-likeness (QED) is 0.482. The molecule has 0 fully saturated rings. The summed E-state index contributed by atoms with van der Waals surface area (Å²) < 4.78 is 0. The van der Waals surface area contributed by atoms with Crippen LogP contribution in [-0.2, 0) is 9.59 Å². The third-order valence-corrected chi connectivity index (χ3v) is 6.16. The Labute approximate surface area is 193 Å². The smallest absolute Gasteiger partial charge is 0.282 e. The lowest BCUT2D eigenvalue weighted by atomic mass is 9.99. The van der Waals surface area contributed by atoms with Crippen LogP contribution < -0.4 is 10.2 Å². The zero-order chi connectivity index (χ0) is 23.2. The number of hydrogen-bond acceptors (Lipinski definition) is 3. The standard InChI is InChI=1S/C27H25ClN2O2/c1-15-6-11-23(19(5)12-15)30-26(31)24(20-8-7-16(2)17(3)13-20)25(27(30)32)29-22-10-9-21(28)14-18(22)4/h6-14,29H,1-5H3. The fraction of sp³-hybridized carbons (Fsp3) is 0.185. The lowest BCUT2D eigenvalue weighted by Gasteiger charge is -2.18. The number of anilines is 2. The number of amides is 2. The maximum Gasteiger partial charge on any atom is 0.282 e. The predicted octanol–water partition coefficient (Wildman–Crippen LogP) is 6.28. The van der Waals surface area contributed by atoms with E-state index in [2.05, 4.69) is 5.32 Å². The summed E-state index contributed by atoms with van der Waals surface area (Å²) in [6.45, 7) is 9.83. The molecule has 5 heteroatoms. The first-order chi connectivity index (χ1) is 15.2. The lowest BCUT2D eigenvalue weighted by Crippen LogP contribution is -2.33. The first-order valence-corrected chi connectivity index (χ1v) is 10.9. The molecule has 1 N–H and O–H groups in total. The zero-order valence-electron chi connectivity index (χ0n) is 18.8. The number of aryl methyl sites for hydroxylation is 5. The van der Waals surface area contributed by atoms with Gasteiger partial charge in [-0.15, -0.1) is 0 Å². The van der Waals surface area contributed by atoms with Gasteiger partial charge < -0.3 is 5.32 Å². The van der Waals surface area contributed by atoms with E-state index in [0.717, 1.165) is 33.5 Å². The molecule has 0 spiro atoms. The van der Waals surface area contributed by atoms with E-state index in [4.69, 9.17) is 11.6 Å². The highest BCUT2D eigenvalue weighted by atomic mass is 35.5. The molecule has 0 saturated carbocycles. The molecule has 3 aromatic rings. The van der Waals surface area contributed by atoms with E-state index < -0.39 is 0 Å². The fourth-order valence-corrected chi connectivity index (χ4v) is 4.21. The van der Waals surface area contributed by atoms with Crippen LogP contribution in [0, 0.1) is 34.6 Å². The first-order valence-electron chi connectivity index (χ1n) is 10.5. The number of imide groups is 1. The maximum absolute atomic E-state index is 13.7. The van der Waals surface area contributed by atoms with Crippen LogP contribution in [0.3, 0.4) is 0 Å². The minimum absolute atomic E-state index is 0.267. The Morgan fingerprint density at radius 3 is 2.12 bits per heavy atom. The molecule has 0 atom stereocenters. The van der Waals surface area contributed by atoms with Crippen molar-refractivity contribution in [3.63, 3.8) is 0 Å². The Morgan fingerprint density at radius 1 is 0.719 bits per heavy atom. The second kappa shape index (κ2) is 8.29. The summed E-state index contributed by atoms with van der Waals surface area (Å²) in [5, 5.41) is 3.85. The Balaban J connectivity index is 1.88. The number of benzene rings is 3. The molecule has 0 aromatic heterocycles. The summed E-state index contributed by atoms with van der Waals surface area (Å²) in [6, 6.07) is 16.9. The molecule has 0 unspecified atom stereocenters. The number of carbonyl (C=O) groups is 2. The van der Waals surface area contributed by atoms with E-state index in [9.17, 15) is 9.59 Å². The normalized spacial score (nSPS) is 13.9. The van der Waals surface area contributed by atoms with Gasteiger partial charge in [-0.3, -0.25) is 9.59 Å². The highest BCUT2D eigenvalue weighted by molar-refractivity contribution is 6.46. The van der Waals surface area contributed by atoms with Crippen molar-refractivity contribution in [3.05, 3.63) is 98.7 Å². The second-order valence-electron chi connectivity index (χ2n) is 8.37. The molecule has 162 valence electrons. The molecule has 0 saturated heterocycles. The van der Waals surface area contributed by atoms with E-state index in [1.807, 2.05) is 83.1 Å². The van der Waals surface area contributed by atoms with Gasteiger partial charge in [0.1, 0.15) is 5.70 Å². The predicted molar refractivity (Wildman–Crippen MR) is 131 cm³/mol. The second-order valence-corrected chi connectivity index (χ2v) is 8.81. The van der Waals surface area contributed by atoms with Crippen molar-refractivity contribution in [3.8, 4) is 0 Å². The van der Waals surface area contributed by atoms with Crippen LogP contribution in [0.15, 0.2) is 60.3 Å². The Bertz CT molecular complexity index is 1310. The van der Waals surface area contributed by atoms with Gasteiger partial charge in [-0.25, -0.2) is 4.90 Å². The summed E-state index contributed by atoms with van der Waals surface area (Å²) in [7, 11) is 0. The van der Waals surface area contributed by atoms with Crippen molar-refractivity contribution in [2.24, 2.45) is 0 Å². The van der Waals surface area contributed by atoms with Crippen LogP contribution in [0.5, 0.6) is 0 Å². The number of nitrogens with one attached hydrogen (secondary N) is 1. The molecule has 1 heterocycles. The largest absolute Gasteiger partial charge is 0.350 e. The lowest BCUT2D eigenvalue weighted by molar-refractivity contribution is -0.120. The summed E-state index contributed by atoms with van der Waals surface area (Å²) in [5.41, 5.74) is 7.69. The number of hydrogen-bond donors (Lipinski definition) is 1. The van der Waals surface area contributed by atoms with E-state index in [0.29, 0.717) is 21.8 Å². The van der Waals surface area contributed by atoms with Gasteiger partial charge in [-0.05, 0) is 86.7 Å². The number of halogens is 1. The number of nitrogens with zero attached hydrogens (tertiary/aromatic N) is 1. The van der Waals surface area contributed by atoms with Crippen molar-refractivity contribution in [1.29, 1.82) is 0 Å². The van der Waals surface area contributed by atoms with E-state index in [1.165, 1.54) is 4.90 Å². The molecule has 0 aliphatic carbocycles. The van der Waals surface area contributed by atoms with Crippen molar-refractivity contribution in [1.82, 2.24) is 0 Å². The molecule has 32 heavy (non-hydrogen) atoms. The molecular weight excluding hydrogens is 420 g/mol. The summed E-state index contributed by atoms with van der Waals surface area (Å²) in [5.74, 6) is -0.705. The third-order valence-electron chi connectivity index (χ3n) is 5.92. The van der Waals surface area contributed by atoms with Crippen molar-refractivity contribution < 1.29 is 9.59 Å². The molecule has 2 amide bonds. The highest BCUT2D eigenvalue weighted by Gasteiger charge is 2.41. The van der Waals surface area contributed by atoms with Crippen LogP contribution in [0.4, 0.5) is 11.4 Å². The summed E-state index contributed by atoms with van der Waals surface area (Å²) >= 11 is 6.11. The van der Waals surface area contributed by atoms with Crippen LogP contribution in [-0.4, -0.2) is 11.8 Å². The van der Waals surface area contributed by atoms with Crippen LogP contribution in [0.25, 0.3) is 5.57 Å². The van der Waals surface area contributed by atoms with Crippen LogP contribution in [0.1, 0.15) is 33.4 Å². The molecule has 1 aliphatic rings. The molecule has 0 radical (unpaired) electrons. The van der Waals surface area contributed by atoms with Gasteiger partial charge in [0.2, 0.25) is 0 Å². The molecule has 4 nitrogen and oxygen atoms in total. The van der Waals surface area contributed by atoms with Gasteiger partial charge in [0.25, 0.3) is 11.8 Å². The summed E-state index contributed by atoms with van der Waals surface area (Å²) in [4.78, 5) is 28.6. The van der Waals surface area contributed by atoms with Gasteiger partial charge >= 0.3 is 0 Å². The molecule has 0 bridgehead atoms. The molecular formula is C27H25ClN2O2. The monoisotopic (exact) mass is 444 g/mol. The van der Waals surface area contributed by atoms with Crippen molar-refractivity contribution in [2.45, 2.75) is 34.6 Å². The minimum Gasteiger partial charge on any atom is -0.350 e. The highest BCUT2D eigenvalue weighted by Crippen LogP contribution is 2.36. The summed E-state index contributed by atoms with van der Waals surface area (Å²) in [6.07, 6.45) is 0.